The number of Topliss-reactive ketones (excluding diaryl/α,β-unsaturated/α-hetero) is 2. The highest BCUT2D eigenvalue weighted by molar-refractivity contribution is 6.41. The van der Waals surface area contributed by atoms with E-state index >= 15 is 0 Å². The van der Waals surface area contributed by atoms with E-state index in [0.29, 0.717) is 17.1 Å². The third-order valence-corrected chi connectivity index (χ3v) is 3.53. The molecular weight excluding hydrogens is 468 g/mol. The fraction of sp³-hybridized carbons (Fsp3) is 0.176. The van der Waals surface area contributed by atoms with Crippen LogP contribution in [0, 0.1) is 0 Å². The Bertz CT molecular complexity index is 1080. The van der Waals surface area contributed by atoms with Crippen LogP contribution in [0.5, 0.6) is 5.75 Å². The summed E-state index contributed by atoms with van der Waals surface area (Å²) in [5.74, 6) is -6.95. The zero-order valence-corrected chi connectivity index (χ0v) is 15.9. The number of nitrogens with one attached hydrogen (secondary N) is 2. The number of carbonyl (C=O) groups is 4. The zero-order chi connectivity index (χ0) is 25.0. The van der Waals surface area contributed by atoms with E-state index < -0.39 is 29.8 Å². The maximum atomic E-state index is 12.1. The minimum absolute atomic E-state index is 0.0190. The summed E-state index contributed by atoms with van der Waals surface area (Å²) in [5, 5.41) is 5.29. The second-order valence-electron chi connectivity index (χ2n) is 5.95. The molecule has 2 heterocycles. The molecule has 176 valence electrons. The quantitative estimate of drug-likeness (QED) is 0.446. The van der Waals surface area contributed by atoms with Crippen LogP contribution in [-0.4, -0.2) is 52.3 Å². The van der Waals surface area contributed by atoms with E-state index in [1.165, 1.54) is 12.4 Å². The predicted octanol–water partition coefficient (Wildman–Crippen LogP) is 1.89. The van der Waals surface area contributed by atoms with E-state index in [1.54, 1.807) is 18.2 Å². The van der Waals surface area contributed by atoms with Crippen molar-refractivity contribution in [2.45, 2.75) is 12.4 Å². The Hall–Kier alpha value is -4.24. The number of amides is 2. The van der Waals surface area contributed by atoms with Crippen molar-refractivity contribution in [3.63, 3.8) is 0 Å². The lowest BCUT2D eigenvalue weighted by atomic mass is 10.2. The number of anilines is 3. The second-order valence-corrected chi connectivity index (χ2v) is 5.95. The van der Waals surface area contributed by atoms with Gasteiger partial charge in [0.05, 0.1) is 5.69 Å². The molecule has 1 aliphatic heterocycles. The van der Waals surface area contributed by atoms with Crippen molar-refractivity contribution in [1.29, 1.82) is 0 Å². The van der Waals surface area contributed by atoms with Crippen molar-refractivity contribution >= 4 is 40.6 Å². The smallest absolute Gasteiger partial charge is 0.458 e. The SMILES string of the molecule is Nc1nccnc1C(=O)Nc1ccc2c(c1)NC(=O)CO2.O=C(C(=O)C(F)(F)F)C(F)(F)F. The molecule has 4 N–H and O–H groups in total. The minimum atomic E-state index is -5.77. The van der Waals surface area contributed by atoms with Gasteiger partial charge in [0.15, 0.2) is 18.1 Å². The molecule has 2 amide bonds. The van der Waals surface area contributed by atoms with Gasteiger partial charge in [0, 0.05) is 18.1 Å². The number of alkyl halides is 6. The predicted molar refractivity (Wildman–Crippen MR) is 97.1 cm³/mol. The topological polar surface area (TPSA) is 153 Å². The van der Waals surface area contributed by atoms with Crippen LogP contribution in [-0.2, 0) is 14.4 Å². The Morgan fingerprint density at radius 3 is 2.12 bits per heavy atom. The van der Waals surface area contributed by atoms with Crippen molar-refractivity contribution in [3.05, 3.63) is 36.3 Å². The van der Waals surface area contributed by atoms with Crippen LogP contribution in [0.25, 0.3) is 0 Å². The van der Waals surface area contributed by atoms with Gasteiger partial charge in [0.25, 0.3) is 11.8 Å². The van der Waals surface area contributed by atoms with Crippen LogP contribution in [0.4, 0.5) is 43.5 Å². The molecule has 0 saturated heterocycles. The third-order valence-electron chi connectivity index (χ3n) is 3.53. The Kier molecular flexibility index (Phi) is 7.20. The van der Waals surface area contributed by atoms with E-state index in [-0.39, 0.29) is 24.0 Å². The average Bonchev–Trinajstić information content (AvgIpc) is 2.71. The Balaban J connectivity index is 0.000000277. The first-order valence-electron chi connectivity index (χ1n) is 8.37. The summed E-state index contributed by atoms with van der Waals surface area (Å²) in [7, 11) is 0. The molecule has 0 saturated carbocycles. The van der Waals surface area contributed by atoms with Crippen molar-refractivity contribution < 1.29 is 50.3 Å². The summed E-state index contributed by atoms with van der Waals surface area (Å²) in [6, 6.07) is 4.90. The highest BCUT2D eigenvalue weighted by Gasteiger charge is 2.54. The van der Waals surface area contributed by atoms with E-state index in [2.05, 4.69) is 20.6 Å². The highest BCUT2D eigenvalue weighted by atomic mass is 19.4. The highest BCUT2D eigenvalue weighted by Crippen LogP contribution is 2.30. The van der Waals surface area contributed by atoms with Gasteiger partial charge in [0.2, 0.25) is 0 Å². The molecule has 1 aromatic heterocycles. The van der Waals surface area contributed by atoms with Crippen LogP contribution >= 0.6 is 0 Å². The summed E-state index contributed by atoms with van der Waals surface area (Å²) in [5.41, 5.74) is 6.61. The molecule has 16 heteroatoms. The maximum Gasteiger partial charge on any atom is 0.458 e. The molecular formula is C17H11F6N5O5. The van der Waals surface area contributed by atoms with Crippen LogP contribution in [0.15, 0.2) is 30.6 Å². The van der Waals surface area contributed by atoms with E-state index in [9.17, 15) is 45.5 Å². The van der Waals surface area contributed by atoms with Crippen molar-refractivity contribution in [3.8, 4) is 5.75 Å². The summed E-state index contributed by atoms with van der Waals surface area (Å²) >= 11 is 0. The van der Waals surface area contributed by atoms with Crippen LogP contribution < -0.4 is 21.1 Å². The molecule has 3 rings (SSSR count). The normalized spacial score (nSPS) is 12.8. The molecule has 0 unspecified atom stereocenters. The Labute approximate surface area is 179 Å². The molecule has 0 aliphatic carbocycles. The summed E-state index contributed by atoms with van der Waals surface area (Å²) in [6.07, 6.45) is -8.76. The van der Waals surface area contributed by atoms with Crippen LogP contribution in [0.1, 0.15) is 10.5 Å². The number of aromatic nitrogens is 2. The number of nitrogens with zero attached hydrogens (tertiary/aromatic N) is 2. The van der Waals surface area contributed by atoms with Crippen LogP contribution in [0.2, 0.25) is 0 Å². The van der Waals surface area contributed by atoms with Crippen LogP contribution in [0.3, 0.4) is 0 Å². The van der Waals surface area contributed by atoms with Gasteiger partial charge >= 0.3 is 23.9 Å². The van der Waals surface area contributed by atoms with E-state index in [4.69, 9.17) is 10.5 Å². The number of ether oxygens (including phenoxy) is 1. The number of halogens is 6. The van der Waals surface area contributed by atoms with Gasteiger partial charge in [-0.25, -0.2) is 9.97 Å². The maximum absolute atomic E-state index is 12.1. The fourth-order valence-electron chi connectivity index (χ4n) is 2.13. The minimum Gasteiger partial charge on any atom is -0.482 e. The molecule has 10 nitrogen and oxygen atoms in total. The lowest BCUT2D eigenvalue weighted by molar-refractivity contribution is -0.193. The molecule has 33 heavy (non-hydrogen) atoms. The van der Waals surface area contributed by atoms with E-state index in [1.807, 2.05) is 0 Å². The van der Waals surface area contributed by atoms with Gasteiger partial charge in [-0.2, -0.15) is 26.3 Å². The molecule has 0 atom stereocenters. The zero-order valence-electron chi connectivity index (χ0n) is 15.9. The molecule has 1 aliphatic rings. The second kappa shape index (κ2) is 9.49. The van der Waals surface area contributed by atoms with Gasteiger partial charge in [0.1, 0.15) is 5.75 Å². The number of benzene rings is 1. The van der Waals surface area contributed by atoms with Gasteiger partial charge < -0.3 is 21.1 Å². The number of hydrogen-bond acceptors (Lipinski definition) is 8. The first-order valence-corrected chi connectivity index (χ1v) is 8.37. The molecule has 2 aromatic rings. The Morgan fingerprint density at radius 1 is 1.00 bits per heavy atom. The Morgan fingerprint density at radius 2 is 1.58 bits per heavy atom. The van der Waals surface area contributed by atoms with Gasteiger partial charge in [-0.15, -0.1) is 0 Å². The molecule has 0 fully saturated rings. The summed E-state index contributed by atoms with van der Waals surface area (Å²) < 4.78 is 72.2. The van der Waals surface area contributed by atoms with Gasteiger partial charge in [-0.3, -0.25) is 19.2 Å². The lowest BCUT2D eigenvalue weighted by Gasteiger charge is -2.18. The number of rotatable bonds is 3. The summed E-state index contributed by atoms with van der Waals surface area (Å²) in [6.45, 7) is -0.0190. The number of ketones is 2. The molecule has 0 bridgehead atoms. The molecule has 0 radical (unpaired) electrons. The van der Waals surface area contributed by atoms with E-state index in [0.717, 1.165) is 0 Å². The van der Waals surface area contributed by atoms with Gasteiger partial charge in [-0.05, 0) is 18.2 Å². The number of fused-ring (bicyclic) bond motifs is 1. The number of nitrogens with two attached hydrogens (primary N) is 1. The number of nitrogen functional groups attached to an aromatic ring is 1. The first kappa shape index (κ1) is 25.0. The van der Waals surface area contributed by atoms with Crippen molar-refractivity contribution in [2.24, 2.45) is 0 Å². The van der Waals surface area contributed by atoms with Gasteiger partial charge in [-0.1, -0.05) is 0 Å². The lowest BCUT2D eigenvalue weighted by Crippen LogP contribution is -2.39. The first-order chi connectivity index (χ1) is 15.2. The number of carbonyl (C=O) groups excluding carboxylic acids is 4. The number of hydrogen-bond donors (Lipinski definition) is 3. The standard InChI is InChI=1S/C13H11N5O3.C4F6O2/c14-12-11(15-3-4-16-12)13(20)17-7-1-2-9-8(5-7)18-10(19)6-21-9;5-3(6,7)1(11)2(12)4(8,9)10/h1-5H,6H2,(H2,14,16)(H,17,20)(H,18,19);. The fourth-order valence-corrected chi connectivity index (χ4v) is 2.13. The van der Waals surface area contributed by atoms with Crippen molar-refractivity contribution in [2.75, 3.05) is 23.0 Å². The molecule has 1 aromatic carbocycles. The summed E-state index contributed by atoms with van der Waals surface area (Å²) in [4.78, 5) is 50.2. The largest absolute Gasteiger partial charge is 0.482 e. The average molecular weight is 479 g/mol. The van der Waals surface area contributed by atoms with Crippen molar-refractivity contribution in [1.82, 2.24) is 9.97 Å². The monoisotopic (exact) mass is 479 g/mol. The molecule has 0 spiro atoms. The third kappa shape index (κ3) is 6.62.